The van der Waals surface area contributed by atoms with Crippen molar-refractivity contribution in [1.82, 2.24) is 4.98 Å². The van der Waals surface area contributed by atoms with Crippen LogP contribution in [-0.4, -0.2) is 34.6 Å². The van der Waals surface area contributed by atoms with Gasteiger partial charge in [-0.1, -0.05) is 13.8 Å². The SMILES string of the molecule is CC.CO.N#Cc1cc(C(=O)CC2C(=O)c3ccncc3C2=O)cc(C(F)F)c1. The highest BCUT2D eigenvalue weighted by Crippen LogP contribution is 2.30. The minimum Gasteiger partial charge on any atom is -0.400 e. The molecule has 0 saturated carbocycles. The Labute approximate surface area is 166 Å². The molecular formula is C21H20F2N2O4. The van der Waals surface area contributed by atoms with Gasteiger partial charge in [0.1, 0.15) is 0 Å². The van der Waals surface area contributed by atoms with Crippen LogP contribution in [0, 0.1) is 17.2 Å². The van der Waals surface area contributed by atoms with E-state index >= 15 is 0 Å². The number of ketones is 3. The van der Waals surface area contributed by atoms with Crippen LogP contribution < -0.4 is 0 Å². The molecule has 1 unspecified atom stereocenters. The Morgan fingerprint density at radius 1 is 1.17 bits per heavy atom. The fraction of sp³-hybridized carbons (Fsp3) is 0.286. The number of hydrogen-bond acceptors (Lipinski definition) is 6. The molecule has 29 heavy (non-hydrogen) atoms. The highest BCUT2D eigenvalue weighted by molar-refractivity contribution is 6.27. The number of aliphatic hydroxyl groups excluding tert-OH is 1. The Morgan fingerprint density at radius 2 is 1.79 bits per heavy atom. The largest absolute Gasteiger partial charge is 0.400 e. The lowest BCUT2D eigenvalue weighted by molar-refractivity contribution is 0.0785. The molecule has 0 bridgehead atoms. The molecule has 0 amide bonds. The quantitative estimate of drug-likeness (QED) is 0.616. The maximum absolute atomic E-state index is 12.9. The minimum atomic E-state index is -2.84. The number of aliphatic hydroxyl groups is 1. The average Bonchev–Trinajstić information content (AvgIpc) is 3.01. The first-order valence-corrected chi connectivity index (χ1v) is 8.76. The van der Waals surface area contributed by atoms with Crippen LogP contribution in [0.15, 0.2) is 36.7 Å². The highest BCUT2D eigenvalue weighted by Gasteiger charge is 2.39. The normalized spacial score (nSPS) is 14.2. The number of hydrogen-bond donors (Lipinski definition) is 1. The first-order valence-electron chi connectivity index (χ1n) is 8.76. The van der Waals surface area contributed by atoms with Crippen molar-refractivity contribution in [2.45, 2.75) is 26.7 Å². The predicted molar refractivity (Wildman–Crippen MR) is 101 cm³/mol. The van der Waals surface area contributed by atoms with E-state index in [9.17, 15) is 23.2 Å². The number of fused-ring (bicyclic) bond motifs is 1. The molecule has 1 heterocycles. The number of carbonyl (C=O) groups is 3. The van der Waals surface area contributed by atoms with Crippen LogP contribution in [-0.2, 0) is 0 Å². The molecule has 0 saturated heterocycles. The maximum Gasteiger partial charge on any atom is 0.263 e. The van der Waals surface area contributed by atoms with Crippen molar-refractivity contribution in [2.75, 3.05) is 7.11 Å². The molecule has 2 aromatic rings. The van der Waals surface area contributed by atoms with Gasteiger partial charge < -0.3 is 5.11 Å². The number of nitriles is 1. The summed E-state index contributed by atoms with van der Waals surface area (Å²) < 4.78 is 25.8. The molecule has 3 rings (SSSR count). The van der Waals surface area contributed by atoms with Gasteiger partial charge in [0.05, 0.1) is 17.6 Å². The molecule has 1 aliphatic carbocycles. The number of halogens is 2. The lowest BCUT2D eigenvalue weighted by Crippen LogP contribution is -2.19. The van der Waals surface area contributed by atoms with E-state index in [1.54, 1.807) is 6.07 Å². The summed E-state index contributed by atoms with van der Waals surface area (Å²) in [7, 11) is 1.00. The zero-order valence-electron chi connectivity index (χ0n) is 16.1. The van der Waals surface area contributed by atoms with Crippen molar-refractivity contribution in [2.24, 2.45) is 5.92 Å². The first-order chi connectivity index (χ1) is 13.9. The molecule has 1 N–H and O–H groups in total. The first kappa shape index (κ1) is 23.7. The Morgan fingerprint density at radius 3 is 2.34 bits per heavy atom. The Balaban J connectivity index is 0.000000989. The number of carbonyl (C=O) groups excluding carboxylic acids is 3. The van der Waals surface area contributed by atoms with Gasteiger partial charge in [-0.3, -0.25) is 19.4 Å². The molecule has 8 heteroatoms. The molecule has 1 atom stereocenters. The molecule has 0 spiro atoms. The maximum atomic E-state index is 12.9. The van der Waals surface area contributed by atoms with Crippen molar-refractivity contribution in [3.05, 3.63) is 64.5 Å². The van der Waals surface area contributed by atoms with E-state index in [1.807, 2.05) is 13.8 Å². The molecule has 0 fully saturated rings. The van der Waals surface area contributed by atoms with E-state index in [4.69, 9.17) is 10.4 Å². The summed E-state index contributed by atoms with van der Waals surface area (Å²) in [6.07, 6.45) is -0.640. The molecule has 1 aromatic heterocycles. The van der Waals surface area contributed by atoms with Crippen molar-refractivity contribution in [3.63, 3.8) is 0 Å². The number of nitrogens with zero attached hydrogens (tertiary/aromatic N) is 2. The lowest BCUT2D eigenvalue weighted by Gasteiger charge is -2.08. The summed E-state index contributed by atoms with van der Waals surface area (Å²) >= 11 is 0. The van der Waals surface area contributed by atoms with E-state index in [1.165, 1.54) is 24.5 Å². The van der Waals surface area contributed by atoms with Crippen molar-refractivity contribution in [3.8, 4) is 6.07 Å². The minimum absolute atomic E-state index is 0.0855. The fourth-order valence-electron chi connectivity index (χ4n) is 2.79. The number of benzene rings is 1. The Kier molecular flexibility index (Phi) is 8.90. The molecule has 152 valence electrons. The van der Waals surface area contributed by atoms with Crippen LogP contribution in [0.2, 0.25) is 0 Å². The van der Waals surface area contributed by atoms with Crippen LogP contribution in [0.3, 0.4) is 0 Å². The van der Waals surface area contributed by atoms with Crippen LogP contribution >= 0.6 is 0 Å². The topological polar surface area (TPSA) is 108 Å². The zero-order chi connectivity index (χ0) is 22.1. The van der Waals surface area contributed by atoms with Crippen molar-refractivity contribution < 1.29 is 28.3 Å². The standard InChI is InChI=1S/C18H10F2N2O3.C2H6.CH4O/c19-18(20)11-4-9(7-21)3-10(5-11)15(23)6-13-16(24)12-1-2-22-8-14(12)17(13)25;2*1-2/h1-5,8,13,18H,6H2;1-2H3;2H,1H3. The van der Waals surface area contributed by atoms with E-state index in [0.717, 1.165) is 19.2 Å². The van der Waals surface area contributed by atoms with Crippen LogP contribution in [0.4, 0.5) is 8.78 Å². The number of Topliss-reactive ketones (excluding diaryl/α,β-unsaturated/α-hetero) is 3. The number of aromatic nitrogens is 1. The molecule has 1 aromatic carbocycles. The van der Waals surface area contributed by atoms with Crippen LogP contribution in [0.25, 0.3) is 0 Å². The van der Waals surface area contributed by atoms with E-state index in [0.29, 0.717) is 0 Å². The summed E-state index contributed by atoms with van der Waals surface area (Å²) in [6.45, 7) is 4.00. The summed E-state index contributed by atoms with van der Waals surface area (Å²) in [4.78, 5) is 40.8. The number of rotatable bonds is 4. The summed E-state index contributed by atoms with van der Waals surface area (Å²) in [6, 6.07) is 6.27. The second-order valence-corrected chi connectivity index (χ2v) is 5.59. The second kappa shape index (κ2) is 10.9. The van der Waals surface area contributed by atoms with Gasteiger partial charge in [-0.15, -0.1) is 0 Å². The molecule has 0 radical (unpaired) electrons. The third-order valence-corrected chi connectivity index (χ3v) is 4.03. The third kappa shape index (κ3) is 5.15. The molecule has 1 aliphatic rings. The van der Waals surface area contributed by atoms with Crippen molar-refractivity contribution in [1.29, 1.82) is 5.26 Å². The Hall–Kier alpha value is -3.31. The van der Waals surface area contributed by atoms with E-state index in [2.05, 4.69) is 4.98 Å². The van der Waals surface area contributed by atoms with Gasteiger partial charge in [0.2, 0.25) is 0 Å². The monoisotopic (exact) mass is 402 g/mol. The summed E-state index contributed by atoms with van der Waals surface area (Å²) in [5, 5.41) is 15.9. The number of pyridine rings is 1. The summed E-state index contributed by atoms with van der Waals surface area (Å²) in [5.74, 6) is -2.83. The fourth-order valence-corrected chi connectivity index (χ4v) is 2.79. The average molecular weight is 402 g/mol. The molecular weight excluding hydrogens is 382 g/mol. The summed E-state index contributed by atoms with van der Waals surface area (Å²) in [5.41, 5.74) is -0.304. The van der Waals surface area contributed by atoms with Gasteiger partial charge in [-0.2, -0.15) is 5.26 Å². The Bertz CT molecular complexity index is 917. The van der Waals surface area contributed by atoms with E-state index < -0.39 is 41.7 Å². The van der Waals surface area contributed by atoms with Gasteiger partial charge in [0.15, 0.2) is 17.3 Å². The smallest absolute Gasteiger partial charge is 0.263 e. The number of alkyl halides is 2. The molecule has 6 nitrogen and oxygen atoms in total. The third-order valence-electron chi connectivity index (χ3n) is 4.03. The van der Waals surface area contributed by atoms with Crippen molar-refractivity contribution >= 4 is 17.3 Å². The van der Waals surface area contributed by atoms with Crippen LogP contribution in [0.1, 0.15) is 68.9 Å². The van der Waals surface area contributed by atoms with Gasteiger partial charge in [0.25, 0.3) is 6.43 Å². The lowest BCUT2D eigenvalue weighted by atomic mass is 9.93. The van der Waals surface area contributed by atoms with Gasteiger partial charge >= 0.3 is 0 Å². The van der Waals surface area contributed by atoms with E-state index in [-0.39, 0.29) is 22.3 Å². The predicted octanol–water partition coefficient (Wildman–Crippen LogP) is 3.79. The van der Waals surface area contributed by atoms with Gasteiger partial charge in [-0.05, 0) is 24.3 Å². The van der Waals surface area contributed by atoms with Crippen LogP contribution in [0.5, 0.6) is 0 Å². The zero-order valence-corrected chi connectivity index (χ0v) is 16.1. The molecule has 0 aliphatic heterocycles. The highest BCUT2D eigenvalue weighted by atomic mass is 19.3. The van der Waals surface area contributed by atoms with Gasteiger partial charge in [-0.25, -0.2) is 8.78 Å². The second-order valence-electron chi connectivity index (χ2n) is 5.59. The van der Waals surface area contributed by atoms with Gasteiger partial charge in [0, 0.05) is 48.2 Å².